The van der Waals surface area contributed by atoms with E-state index < -0.39 is 0 Å². The van der Waals surface area contributed by atoms with E-state index in [-0.39, 0.29) is 12.0 Å². The van der Waals surface area contributed by atoms with Crippen LogP contribution >= 0.6 is 0 Å². The molecule has 1 aromatic rings. The summed E-state index contributed by atoms with van der Waals surface area (Å²) in [5.41, 5.74) is 1.10. The molecule has 0 saturated carbocycles. The van der Waals surface area contributed by atoms with Gasteiger partial charge in [-0.3, -0.25) is 4.79 Å². The lowest BCUT2D eigenvalue weighted by Crippen LogP contribution is -2.43. The molecular weight excluding hydrogens is 278 g/mol. The van der Waals surface area contributed by atoms with Crippen LogP contribution in [-0.4, -0.2) is 37.1 Å². The third-order valence-electron chi connectivity index (χ3n) is 3.93. The Morgan fingerprint density at radius 3 is 2.95 bits per heavy atom. The lowest BCUT2D eigenvalue weighted by Gasteiger charge is -2.33. The minimum absolute atomic E-state index is 0.135. The molecule has 1 heterocycles. The second-order valence-electron chi connectivity index (χ2n) is 6.36. The summed E-state index contributed by atoms with van der Waals surface area (Å²) in [6, 6.07) is 7.92. The molecule has 0 N–H and O–H groups in total. The van der Waals surface area contributed by atoms with Crippen molar-refractivity contribution in [1.82, 2.24) is 4.90 Å². The number of rotatable bonds is 6. The Hall–Kier alpha value is -1.55. The molecule has 1 fully saturated rings. The summed E-state index contributed by atoms with van der Waals surface area (Å²) in [4.78, 5) is 14.1. The number of piperidine rings is 1. The first-order chi connectivity index (χ1) is 10.6. The molecule has 1 amide bonds. The molecule has 1 aliphatic heterocycles. The van der Waals surface area contributed by atoms with Crippen molar-refractivity contribution in [2.45, 2.75) is 45.8 Å². The first-order valence-electron chi connectivity index (χ1n) is 8.10. The highest BCUT2D eigenvalue weighted by Gasteiger charge is 2.24. The van der Waals surface area contributed by atoms with Gasteiger partial charge in [-0.2, -0.15) is 0 Å². The average Bonchev–Trinajstić information content (AvgIpc) is 2.53. The van der Waals surface area contributed by atoms with E-state index in [9.17, 15) is 4.79 Å². The normalized spacial score (nSPS) is 18.5. The van der Waals surface area contributed by atoms with E-state index in [0.717, 1.165) is 37.2 Å². The average molecular weight is 305 g/mol. The zero-order valence-corrected chi connectivity index (χ0v) is 13.9. The summed E-state index contributed by atoms with van der Waals surface area (Å²) in [6.45, 7) is 6.31. The number of amides is 1. The molecule has 1 saturated heterocycles. The van der Waals surface area contributed by atoms with Crippen LogP contribution in [0, 0.1) is 5.92 Å². The van der Waals surface area contributed by atoms with E-state index in [1.165, 1.54) is 0 Å². The zero-order chi connectivity index (χ0) is 15.9. The van der Waals surface area contributed by atoms with Crippen LogP contribution in [0.3, 0.4) is 0 Å². The Balaban J connectivity index is 1.83. The Bertz CT molecular complexity index is 487. The quantitative estimate of drug-likeness (QED) is 0.810. The molecule has 0 aliphatic carbocycles. The number of carbonyl (C=O) groups excluding carboxylic acids is 1. The number of ether oxygens (including phenoxy) is 2. The smallest absolute Gasteiger partial charge is 0.222 e. The van der Waals surface area contributed by atoms with Gasteiger partial charge in [-0.25, -0.2) is 0 Å². The number of nitrogens with zero attached hydrogens (tertiary/aromatic N) is 1. The van der Waals surface area contributed by atoms with Gasteiger partial charge in [-0.1, -0.05) is 26.0 Å². The highest BCUT2D eigenvalue weighted by molar-refractivity contribution is 5.76. The molecule has 122 valence electrons. The number of hydrogen-bond acceptors (Lipinski definition) is 3. The lowest BCUT2D eigenvalue weighted by molar-refractivity contribution is -0.136. The first kappa shape index (κ1) is 16.8. The molecule has 0 unspecified atom stereocenters. The fraction of sp³-hybridized carbons (Fsp3) is 0.611. The highest BCUT2D eigenvalue weighted by Crippen LogP contribution is 2.19. The molecular formula is C18H27NO3. The van der Waals surface area contributed by atoms with E-state index in [1.807, 2.05) is 29.2 Å². The fourth-order valence-corrected chi connectivity index (χ4v) is 2.76. The molecule has 22 heavy (non-hydrogen) atoms. The molecule has 0 bridgehead atoms. The topological polar surface area (TPSA) is 38.8 Å². The van der Waals surface area contributed by atoms with Crippen LogP contribution in [0.25, 0.3) is 0 Å². The van der Waals surface area contributed by atoms with Crippen molar-refractivity contribution in [3.8, 4) is 5.75 Å². The van der Waals surface area contributed by atoms with Crippen molar-refractivity contribution in [1.29, 1.82) is 0 Å². The maximum Gasteiger partial charge on any atom is 0.222 e. The summed E-state index contributed by atoms with van der Waals surface area (Å²) in [7, 11) is 1.67. The number of methoxy groups -OCH3 is 1. The SMILES string of the molecule is COc1cccc(CO[C@H]2CCCN(C(=O)CC(C)C)C2)c1. The maximum atomic E-state index is 12.2. The van der Waals surface area contributed by atoms with Crippen LogP contribution in [0.1, 0.15) is 38.7 Å². The summed E-state index contributed by atoms with van der Waals surface area (Å²) < 4.78 is 11.2. The van der Waals surface area contributed by atoms with Gasteiger partial charge in [0.05, 0.1) is 19.8 Å². The number of benzene rings is 1. The summed E-state index contributed by atoms with van der Waals surface area (Å²) in [5.74, 6) is 1.51. The van der Waals surface area contributed by atoms with Gasteiger partial charge in [-0.15, -0.1) is 0 Å². The zero-order valence-electron chi connectivity index (χ0n) is 13.9. The Morgan fingerprint density at radius 2 is 2.23 bits per heavy atom. The van der Waals surface area contributed by atoms with Crippen LogP contribution in [0.5, 0.6) is 5.75 Å². The number of carbonyl (C=O) groups is 1. The van der Waals surface area contributed by atoms with Crippen LogP contribution < -0.4 is 4.74 Å². The fourth-order valence-electron chi connectivity index (χ4n) is 2.76. The first-order valence-corrected chi connectivity index (χ1v) is 8.10. The van der Waals surface area contributed by atoms with E-state index in [2.05, 4.69) is 13.8 Å². The third-order valence-corrected chi connectivity index (χ3v) is 3.93. The molecule has 1 aliphatic rings. The monoisotopic (exact) mass is 305 g/mol. The summed E-state index contributed by atoms with van der Waals surface area (Å²) in [5, 5.41) is 0. The lowest BCUT2D eigenvalue weighted by atomic mass is 10.1. The predicted molar refractivity (Wildman–Crippen MR) is 86.8 cm³/mol. The van der Waals surface area contributed by atoms with Gasteiger partial charge in [0.25, 0.3) is 0 Å². The maximum absolute atomic E-state index is 12.2. The molecule has 2 rings (SSSR count). The standard InChI is InChI=1S/C18H27NO3/c1-14(2)10-18(20)19-9-5-8-17(12-19)22-13-15-6-4-7-16(11-15)21-3/h4,6-7,11,14,17H,5,8-10,12-13H2,1-3H3/t17-/m0/s1. The van der Waals surface area contributed by atoms with Crippen molar-refractivity contribution in [2.24, 2.45) is 5.92 Å². The predicted octanol–water partition coefficient (Wildman–Crippen LogP) is 3.25. The summed E-state index contributed by atoms with van der Waals surface area (Å²) >= 11 is 0. The third kappa shape index (κ3) is 5.02. The van der Waals surface area contributed by atoms with Crippen LogP contribution in [0.4, 0.5) is 0 Å². The van der Waals surface area contributed by atoms with Gasteiger partial charge in [0.1, 0.15) is 5.75 Å². The second-order valence-corrected chi connectivity index (χ2v) is 6.36. The Labute approximate surface area is 133 Å². The molecule has 0 radical (unpaired) electrons. The number of likely N-dealkylation sites (tertiary alicyclic amines) is 1. The van der Waals surface area contributed by atoms with Gasteiger partial charge in [-0.05, 0) is 36.5 Å². The highest BCUT2D eigenvalue weighted by atomic mass is 16.5. The van der Waals surface area contributed by atoms with Crippen LogP contribution in [-0.2, 0) is 16.1 Å². The Morgan fingerprint density at radius 1 is 1.41 bits per heavy atom. The van der Waals surface area contributed by atoms with Gasteiger partial charge >= 0.3 is 0 Å². The van der Waals surface area contributed by atoms with Gasteiger partial charge in [0.2, 0.25) is 5.91 Å². The van der Waals surface area contributed by atoms with E-state index in [4.69, 9.17) is 9.47 Å². The van der Waals surface area contributed by atoms with Gasteiger partial charge in [0.15, 0.2) is 0 Å². The van der Waals surface area contributed by atoms with Gasteiger partial charge in [0, 0.05) is 19.5 Å². The van der Waals surface area contributed by atoms with Crippen molar-refractivity contribution < 1.29 is 14.3 Å². The molecule has 4 heteroatoms. The van der Waals surface area contributed by atoms with E-state index >= 15 is 0 Å². The summed E-state index contributed by atoms with van der Waals surface area (Å²) in [6.07, 6.45) is 2.81. The molecule has 0 spiro atoms. The van der Waals surface area contributed by atoms with E-state index in [1.54, 1.807) is 7.11 Å². The van der Waals surface area contributed by atoms with Crippen molar-refractivity contribution in [2.75, 3.05) is 20.2 Å². The second kappa shape index (κ2) is 8.18. The minimum atomic E-state index is 0.135. The van der Waals surface area contributed by atoms with Crippen LogP contribution in [0.15, 0.2) is 24.3 Å². The minimum Gasteiger partial charge on any atom is -0.497 e. The molecule has 1 aromatic carbocycles. The molecule has 4 nitrogen and oxygen atoms in total. The molecule has 0 aromatic heterocycles. The largest absolute Gasteiger partial charge is 0.497 e. The van der Waals surface area contributed by atoms with Crippen LogP contribution in [0.2, 0.25) is 0 Å². The molecule has 1 atom stereocenters. The van der Waals surface area contributed by atoms with Gasteiger partial charge < -0.3 is 14.4 Å². The number of hydrogen-bond donors (Lipinski definition) is 0. The van der Waals surface area contributed by atoms with Crippen molar-refractivity contribution >= 4 is 5.91 Å². The van der Waals surface area contributed by atoms with E-state index in [0.29, 0.717) is 18.9 Å². The van der Waals surface area contributed by atoms with Crippen molar-refractivity contribution in [3.05, 3.63) is 29.8 Å². The Kier molecular flexibility index (Phi) is 6.25. The van der Waals surface area contributed by atoms with Crippen molar-refractivity contribution in [3.63, 3.8) is 0 Å².